The molecule has 2 heterocycles. The van der Waals surface area contributed by atoms with Crippen molar-refractivity contribution in [3.05, 3.63) is 99.2 Å². The molecule has 0 unspecified atom stereocenters. The maximum absolute atomic E-state index is 13.1. The van der Waals surface area contributed by atoms with E-state index in [4.69, 9.17) is 4.42 Å². The van der Waals surface area contributed by atoms with Gasteiger partial charge in [0, 0.05) is 23.7 Å². The van der Waals surface area contributed by atoms with Crippen LogP contribution in [0.25, 0.3) is 22.0 Å². The first-order valence-electron chi connectivity index (χ1n) is 9.76. The summed E-state index contributed by atoms with van der Waals surface area (Å²) in [6.07, 6.45) is 1.54. The second-order valence-corrected chi connectivity index (χ2v) is 7.54. The minimum atomic E-state index is -0.627. The summed E-state index contributed by atoms with van der Waals surface area (Å²) in [6, 6.07) is 17.4. The fraction of sp³-hybridized carbons (Fsp3) is 0.160. The van der Waals surface area contributed by atoms with Crippen LogP contribution in [-0.2, 0) is 6.54 Å². The van der Waals surface area contributed by atoms with E-state index < -0.39 is 11.5 Å². The highest BCUT2D eigenvalue weighted by Crippen LogP contribution is 2.30. The predicted octanol–water partition coefficient (Wildman–Crippen LogP) is 4.71. The second kappa shape index (κ2) is 7.95. The molecule has 4 aromatic rings. The zero-order valence-corrected chi connectivity index (χ0v) is 17.2. The summed E-state index contributed by atoms with van der Waals surface area (Å²) in [5, 5.41) is 3.48. The van der Waals surface area contributed by atoms with Gasteiger partial charge in [0.15, 0.2) is 5.52 Å². The SMILES string of the molecule is Cc1ccc(-c2c(C(=O)NCc3cc(C)cc(C)c3)oc(=O)c3ncccc23)cc1. The summed E-state index contributed by atoms with van der Waals surface area (Å²) >= 11 is 0. The Morgan fingerprint density at radius 2 is 1.67 bits per heavy atom. The van der Waals surface area contributed by atoms with Gasteiger partial charge in [-0.05, 0) is 38.0 Å². The summed E-state index contributed by atoms with van der Waals surface area (Å²) < 4.78 is 5.47. The van der Waals surface area contributed by atoms with Gasteiger partial charge in [0.05, 0.1) is 0 Å². The van der Waals surface area contributed by atoms with Crippen molar-refractivity contribution in [2.45, 2.75) is 27.3 Å². The van der Waals surface area contributed by atoms with Crippen LogP contribution in [0.2, 0.25) is 0 Å². The molecule has 5 nitrogen and oxygen atoms in total. The maximum Gasteiger partial charge on any atom is 0.363 e. The highest BCUT2D eigenvalue weighted by molar-refractivity contribution is 6.06. The molecule has 0 radical (unpaired) electrons. The molecule has 4 rings (SSSR count). The molecule has 0 fully saturated rings. The number of hydrogen-bond acceptors (Lipinski definition) is 4. The normalized spacial score (nSPS) is 10.9. The van der Waals surface area contributed by atoms with Crippen molar-refractivity contribution in [2.24, 2.45) is 0 Å². The third-order valence-electron chi connectivity index (χ3n) is 4.97. The van der Waals surface area contributed by atoms with E-state index in [1.165, 1.54) is 6.20 Å². The Balaban J connectivity index is 1.79. The smallest absolute Gasteiger partial charge is 0.363 e. The van der Waals surface area contributed by atoms with E-state index in [2.05, 4.69) is 16.4 Å². The first-order chi connectivity index (χ1) is 14.4. The lowest BCUT2D eigenvalue weighted by Gasteiger charge is -2.12. The van der Waals surface area contributed by atoms with Gasteiger partial charge in [0.1, 0.15) is 0 Å². The van der Waals surface area contributed by atoms with Crippen molar-refractivity contribution in [1.29, 1.82) is 0 Å². The number of nitrogens with zero attached hydrogens (tertiary/aromatic N) is 1. The van der Waals surface area contributed by atoms with Crippen molar-refractivity contribution >= 4 is 16.8 Å². The quantitative estimate of drug-likeness (QED) is 0.540. The Morgan fingerprint density at radius 1 is 0.967 bits per heavy atom. The number of amides is 1. The topological polar surface area (TPSA) is 72.2 Å². The number of rotatable bonds is 4. The van der Waals surface area contributed by atoms with Gasteiger partial charge in [-0.25, -0.2) is 9.78 Å². The van der Waals surface area contributed by atoms with E-state index in [1.807, 2.05) is 57.2 Å². The summed E-state index contributed by atoms with van der Waals surface area (Å²) in [5.74, 6) is -0.443. The van der Waals surface area contributed by atoms with Crippen molar-refractivity contribution in [3.8, 4) is 11.1 Å². The Bertz CT molecular complexity index is 1280. The largest absolute Gasteiger partial charge is 0.415 e. The van der Waals surface area contributed by atoms with Crippen molar-refractivity contribution in [1.82, 2.24) is 10.3 Å². The van der Waals surface area contributed by atoms with Gasteiger partial charge in [0.2, 0.25) is 5.76 Å². The maximum atomic E-state index is 13.1. The molecule has 0 saturated heterocycles. The Hall–Kier alpha value is -3.73. The molecule has 30 heavy (non-hydrogen) atoms. The van der Waals surface area contributed by atoms with Crippen molar-refractivity contribution in [3.63, 3.8) is 0 Å². The Kier molecular flexibility index (Phi) is 5.19. The molecule has 1 amide bonds. The summed E-state index contributed by atoms with van der Waals surface area (Å²) in [6.45, 7) is 6.36. The number of aryl methyl sites for hydroxylation is 3. The van der Waals surface area contributed by atoms with Gasteiger partial charge in [-0.15, -0.1) is 0 Å². The van der Waals surface area contributed by atoms with E-state index in [0.717, 1.165) is 27.8 Å². The molecule has 0 atom stereocenters. The van der Waals surface area contributed by atoms with Crippen LogP contribution < -0.4 is 10.9 Å². The molecule has 0 bridgehead atoms. The monoisotopic (exact) mass is 398 g/mol. The Labute approximate surface area is 174 Å². The number of hydrogen-bond donors (Lipinski definition) is 1. The number of aromatic nitrogens is 1. The Morgan fingerprint density at radius 3 is 2.37 bits per heavy atom. The van der Waals surface area contributed by atoms with E-state index in [-0.39, 0.29) is 11.3 Å². The van der Waals surface area contributed by atoms with Crippen LogP contribution in [0.1, 0.15) is 32.8 Å². The van der Waals surface area contributed by atoms with Gasteiger partial charge >= 0.3 is 5.63 Å². The average molecular weight is 398 g/mol. The zero-order chi connectivity index (χ0) is 21.3. The van der Waals surface area contributed by atoms with Gasteiger partial charge in [0.25, 0.3) is 5.91 Å². The summed E-state index contributed by atoms with van der Waals surface area (Å²) in [5.41, 5.74) is 5.28. The van der Waals surface area contributed by atoms with E-state index in [9.17, 15) is 9.59 Å². The fourth-order valence-corrected chi connectivity index (χ4v) is 3.68. The molecular formula is C25H22N2O3. The highest BCUT2D eigenvalue weighted by atomic mass is 16.4. The van der Waals surface area contributed by atoms with Gasteiger partial charge in [-0.2, -0.15) is 0 Å². The minimum Gasteiger partial charge on any atom is -0.415 e. The van der Waals surface area contributed by atoms with E-state index in [1.54, 1.807) is 12.1 Å². The third kappa shape index (κ3) is 3.87. The average Bonchev–Trinajstić information content (AvgIpc) is 2.72. The molecule has 0 saturated carbocycles. The first kappa shape index (κ1) is 19.6. The molecule has 2 aromatic heterocycles. The highest BCUT2D eigenvalue weighted by Gasteiger charge is 2.21. The molecular weight excluding hydrogens is 376 g/mol. The molecule has 0 aliphatic carbocycles. The van der Waals surface area contributed by atoms with Crippen LogP contribution in [0.15, 0.2) is 70.0 Å². The molecule has 0 spiro atoms. The summed E-state index contributed by atoms with van der Waals surface area (Å²) in [7, 11) is 0. The molecule has 2 aromatic carbocycles. The van der Waals surface area contributed by atoms with Crippen LogP contribution in [0.4, 0.5) is 0 Å². The van der Waals surface area contributed by atoms with Gasteiger partial charge in [-0.1, -0.05) is 65.2 Å². The lowest BCUT2D eigenvalue weighted by Crippen LogP contribution is -2.25. The second-order valence-electron chi connectivity index (χ2n) is 7.54. The molecule has 1 N–H and O–H groups in total. The van der Waals surface area contributed by atoms with Crippen LogP contribution in [0.3, 0.4) is 0 Å². The van der Waals surface area contributed by atoms with Gasteiger partial charge in [-0.3, -0.25) is 4.79 Å². The van der Waals surface area contributed by atoms with Crippen molar-refractivity contribution < 1.29 is 9.21 Å². The number of pyridine rings is 1. The third-order valence-corrected chi connectivity index (χ3v) is 4.97. The zero-order valence-electron chi connectivity index (χ0n) is 17.2. The molecule has 0 aliphatic heterocycles. The van der Waals surface area contributed by atoms with Gasteiger partial charge < -0.3 is 9.73 Å². The van der Waals surface area contributed by atoms with Crippen molar-refractivity contribution in [2.75, 3.05) is 0 Å². The minimum absolute atomic E-state index is 0.00581. The van der Waals surface area contributed by atoms with Crippen LogP contribution in [-0.4, -0.2) is 10.9 Å². The molecule has 5 heteroatoms. The van der Waals surface area contributed by atoms with Crippen LogP contribution >= 0.6 is 0 Å². The number of nitrogens with one attached hydrogen (secondary N) is 1. The van der Waals surface area contributed by atoms with Crippen LogP contribution in [0.5, 0.6) is 0 Å². The number of benzene rings is 2. The fourth-order valence-electron chi connectivity index (χ4n) is 3.68. The van der Waals surface area contributed by atoms with E-state index >= 15 is 0 Å². The number of fused-ring (bicyclic) bond motifs is 1. The lowest BCUT2D eigenvalue weighted by molar-refractivity contribution is 0.0920. The lowest BCUT2D eigenvalue weighted by atomic mass is 9.99. The standard InChI is InChI=1S/C25H22N2O3/c1-15-6-8-19(9-7-15)21-20-5-4-10-26-22(20)25(29)30-23(21)24(28)27-14-18-12-16(2)11-17(3)13-18/h4-13H,14H2,1-3H3,(H,27,28). The molecule has 150 valence electrons. The number of carbonyl (C=O) groups excluding carboxylic acids is 1. The molecule has 0 aliphatic rings. The number of carbonyl (C=O) groups is 1. The van der Waals surface area contributed by atoms with E-state index in [0.29, 0.717) is 17.5 Å². The van der Waals surface area contributed by atoms with Crippen LogP contribution in [0, 0.1) is 20.8 Å². The first-order valence-corrected chi connectivity index (χ1v) is 9.76. The predicted molar refractivity (Wildman–Crippen MR) is 118 cm³/mol. The summed E-state index contributed by atoms with van der Waals surface area (Å²) in [4.78, 5) is 29.7.